The molecule has 0 saturated carbocycles. The highest BCUT2D eigenvalue weighted by Gasteiger charge is 2.30. The van der Waals surface area contributed by atoms with Crippen LogP contribution in [0.25, 0.3) is 0 Å². The molecule has 1 aliphatic rings. The van der Waals surface area contributed by atoms with Gasteiger partial charge in [0.25, 0.3) is 0 Å². The lowest BCUT2D eigenvalue weighted by molar-refractivity contribution is -0.132. The molecule has 0 radical (unpaired) electrons. The molecule has 1 amide bonds. The van der Waals surface area contributed by atoms with E-state index in [1.54, 1.807) is 13.1 Å². The molecule has 1 saturated heterocycles. The molecule has 0 N–H and O–H groups in total. The summed E-state index contributed by atoms with van der Waals surface area (Å²) in [5, 5.41) is 4.21. The first-order valence-electron chi connectivity index (χ1n) is 8.95. The number of hydrogen-bond donors (Lipinski definition) is 0. The summed E-state index contributed by atoms with van der Waals surface area (Å²) in [7, 11) is 1.94. The van der Waals surface area contributed by atoms with Gasteiger partial charge >= 0.3 is 0 Å². The van der Waals surface area contributed by atoms with E-state index in [2.05, 4.69) is 21.2 Å². The van der Waals surface area contributed by atoms with Crippen molar-refractivity contribution >= 4 is 5.91 Å². The first kappa shape index (κ1) is 17.7. The predicted octanol–water partition coefficient (Wildman–Crippen LogP) is 1.64. The molecule has 0 aliphatic carbocycles. The van der Waals surface area contributed by atoms with Crippen LogP contribution in [0.5, 0.6) is 0 Å². The Bertz CT molecular complexity index is 708. The van der Waals surface area contributed by atoms with Gasteiger partial charge in [-0.05, 0) is 18.4 Å². The summed E-state index contributed by atoms with van der Waals surface area (Å²) >= 11 is 0. The van der Waals surface area contributed by atoms with Gasteiger partial charge in [0.05, 0.1) is 18.9 Å². The van der Waals surface area contributed by atoms with Gasteiger partial charge in [0, 0.05) is 52.3 Å². The average molecular weight is 345 g/mol. The molecule has 1 atom stereocenters. The molecule has 0 spiro atoms. The van der Waals surface area contributed by atoms with E-state index in [0.29, 0.717) is 12.4 Å². The van der Waals surface area contributed by atoms with Crippen LogP contribution in [-0.2, 0) is 31.2 Å². The molecule has 136 valence electrons. The van der Waals surface area contributed by atoms with Gasteiger partial charge < -0.3 is 14.2 Å². The summed E-state index contributed by atoms with van der Waals surface area (Å²) in [5.74, 6) is 1.57. The number of aromatic nitrogens is 3. The van der Waals surface area contributed by atoms with Gasteiger partial charge in [-0.15, -0.1) is 0 Å². The Morgan fingerprint density at radius 2 is 2.28 bits per heavy atom. The second-order valence-corrected chi connectivity index (χ2v) is 6.74. The lowest BCUT2D eigenvalue weighted by atomic mass is 10.2. The maximum absolute atomic E-state index is 12.1. The molecular weight excluding hydrogens is 318 g/mol. The Morgan fingerprint density at radius 3 is 2.92 bits per heavy atom. The van der Waals surface area contributed by atoms with Crippen molar-refractivity contribution in [1.29, 1.82) is 0 Å². The lowest BCUT2D eigenvalue weighted by Gasteiger charge is -2.27. The van der Waals surface area contributed by atoms with Crippen LogP contribution >= 0.6 is 0 Å². The van der Waals surface area contributed by atoms with Crippen molar-refractivity contribution in [1.82, 2.24) is 24.6 Å². The van der Waals surface area contributed by atoms with Crippen LogP contribution < -0.4 is 0 Å². The van der Waals surface area contributed by atoms with E-state index in [4.69, 9.17) is 4.42 Å². The summed E-state index contributed by atoms with van der Waals surface area (Å²) in [6.07, 6.45) is 8.53. The van der Waals surface area contributed by atoms with Crippen LogP contribution in [0, 0.1) is 0 Å². The zero-order valence-corrected chi connectivity index (χ0v) is 15.3. The average Bonchev–Trinajstić information content (AvgIpc) is 3.31. The van der Waals surface area contributed by atoms with Crippen LogP contribution in [0.2, 0.25) is 0 Å². The van der Waals surface area contributed by atoms with Crippen molar-refractivity contribution in [3.8, 4) is 0 Å². The van der Waals surface area contributed by atoms with Crippen LogP contribution in [-0.4, -0.2) is 56.1 Å². The minimum atomic E-state index is 0.0790. The number of oxazole rings is 1. The minimum absolute atomic E-state index is 0.0790. The number of likely N-dealkylation sites (tertiary alicyclic amines) is 1. The lowest BCUT2D eigenvalue weighted by Crippen LogP contribution is -2.40. The third-order valence-corrected chi connectivity index (χ3v) is 4.82. The van der Waals surface area contributed by atoms with Crippen molar-refractivity contribution in [2.24, 2.45) is 7.05 Å². The predicted molar refractivity (Wildman–Crippen MR) is 93.9 cm³/mol. The molecule has 0 unspecified atom stereocenters. The van der Waals surface area contributed by atoms with E-state index >= 15 is 0 Å². The van der Waals surface area contributed by atoms with E-state index in [1.165, 1.54) is 5.56 Å². The number of carbonyl (C=O) groups is 1. The Morgan fingerprint density at radius 1 is 1.44 bits per heavy atom. The third kappa shape index (κ3) is 4.48. The maximum atomic E-state index is 12.1. The van der Waals surface area contributed by atoms with Gasteiger partial charge in [0.2, 0.25) is 11.8 Å². The molecule has 2 aromatic heterocycles. The molecule has 25 heavy (non-hydrogen) atoms. The molecule has 1 fully saturated rings. The second kappa shape index (κ2) is 7.82. The van der Waals surface area contributed by atoms with E-state index in [1.807, 2.05) is 29.7 Å². The fourth-order valence-corrected chi connectivity index (χ4v) is 3.39. The van der Waals surface area contributed by atoms with Crippen molar-refractivity contribution in [2.75, 3.05) is 19.6 Å². The van der Waals surface area contributed by atoms with Gasteiger partial charge in [-0.2, -0.15) is 5.10 Å². The van der Waals surface area contributed by atoms with Gasteiger partial charge in [-0.25, -0.2) is 4.98 Å². The Hall–Kier alpha value is -2.15. The van der Waals surface area contributed by atoms with Gasteiger partial charge in [-0.3, -0.25) is 9.48 Å². The highest BCUT2D eigenvalue weighted by atomic mass is 16.4. The number of carbonyl (C=O) groups excluding carboxylic acids is 1. The molecule has 7 nitrogen and oxygen atoms in total. The largest absolute Gasteiger partial charge is 0.444 e. The molecule has 3 heterocycles. The van der Waals surface area contributed by atoms with E-state index in [-0.39, 0.29) is 11.9 Å². The zero-order chi connectivity index (χ0) is 17.8. The normalized spacial score (nSPS) is 18.0. The fourth-order valence-electron chi connectivity index (χ4n) is 3.39. The van der Waals surface area contributed by atoms with E-state index in [9.17, 15) is 4.79 Å². The van der Waals surface area contributed by atoms with E-state index in [0.717, 1.165) is 44.7 Å². The minimum Gasteiger partial charge on any atom is -0.444 e. The van der Waals surface area contributed by atoms with Gasteiger partial charge in [-0.1, -0.05) is 6.92 Å². The summed E-state index contributed by atoms with van der Waals surface area (Å²) in [6, 6.07) is 0.225. The van der Waals surface area contributed by atoms with Crippen molar-refractivity contribution in [3.63, 3.8) is 0 Å². The number of hydrogen-bond acceptors (Lipinski definition) is 5. The number of aryl methyl sites for hydroxylation is 2. The Labute approximate surface area is 148 Å². The van der Waals surface area contributed by atoms with E-state index < -0.39 is 0 Å². The van der Waals surface area contributed by atoms with Crippen molar-refractivity contribution in [3.05, 3.63) is 35.8 Å². The highest BCUT2D eigenvalue weighted by Crippen LogP contribution is 2.19. The summed E-state index contributed by atoms with van der Waals surface area (Å²) in [5.41, 5.74) is 1.25. The molecule has 0 aromatic carbocycles. The third-order valence-electron chi connectivity index (χ3n) is 4.82. The quantitative estimate of drug-likeness (QED) is 0.763. The van der Waals surface area contributed by atoms with Crippen LogP contribution in [0.1, 0.15) is 37.5 Å². The topological polar surface area (TPSA) is 67.4 Å². The zero-order valence-electron chi connectivity index (χ0n) is 15.3. The first-order valence-corrected chi connectivity index (χ1v) is 8.95. The smallest absolute Gasteiger partial charge is 0.220 e. The van der Waals surface area contributed by atoms with Crippen molar-refractivity contribution < 1.29 is 9.21 Å². The molecular formula is C18H27N5O2. The highest BCUT2D eigenvalue weighted by molar-refractivity contribution is 5.73. The number of rotatable bonds is 7. The van der Waals surface area contributed by atoms with Crippen LogP contribution in [0.4, 0.5) is 0 Å². The van der Waals surface area contributed by atoms with Crippen molar-refractivity contribution in [2.45, 2.75) is 45.7 Å². The summed E-state index contributed by atoms with van der Waals surface area (Å²) in [6.45, 7) is 7.02. The summed E-state index contributed by atoms with van der Waals surface area (Å²) < 4.78 is 7.51. The molecule has 2 aromatic rings. The SMILES string of the molecule is CCc1cnc(CN(C(C)=O)[C@@H]2CCN(CCc3cnn(C)c3)C2)o1. The fraction of sp³-hybridized carbons (Fsp3) is 0.611. The Balaban J connectivity index is 1.54. The molecule has 1 aliphatic heterocycles. The molecule has 3 rings (SSSR count). The standard InChI is InChI=1S/C18H27N5O2/c1-4-17-10-19-18(25-17)13-23(14(2)24)16-6-8-22(12-16)7-5-15-9-20-21(3)11-15/h9-11,16H,4-8,12-13H2,1-3H3/t16-/m1/s1. The first-order chi connectivity index (χ1) is 12.0. The Kier molecular flexibility index (Phi) is 5.53. The number of nitrogens with zero attached hydrogens (tertiary/aromatic N) is 5. The monoisotopic (exact) mass is 345 g/mol. The van der Waals surface area contributed by atoms with Crippen LogP contribution in [0.3, 0.4) is 0 Å². The van der Waals surface area contributed by atoms with Gasteiger partial charge in [0.15, 0.2) is 0 Å². The maximum Gasteiger partial charge on any atom is 0.220 e. The molecule has 7 heteroatoms. The second-order valence-electron chi connectivity index (χ2n) is 6.74. The molecule has 0 bridgehead atoms. The summed E-state index contributed by atoms with van der Waals surface area (Å²) in [4.78, 5) is 20.7. The number of amides is 1. The van der Waals surface area contributed by atoms with Crippen LogP contribution in [0.15, 0.2) is 23.0 Å². The van der Waals surface area contributed by atoms with Gasteiger partial charge in [0.1, 0.15) is 5.76 Å².